The number of anilines is 1. The van der Waals surface area contributed by atoms with Crippen LogP contribution in [0.2, 0.25) is 0 Å². The lowest BCUT2D eigenvalue weighted by Crippen LogP contribution is -2.24. The second-order valence-corrected chi connectivity index (χ2v) is 4.49. The Labute approximate surface area is 105 Å². The lowest BCUT2D eigenvalue weighted by atomic mass is 10.3. The highest BCUT2D eigenvalue weighted by Crippen LogP contribution is 2.25. The average Bonchev–Trinajstić information content (AvgIpc) is 2.66. The molecule has 1 amide bonds. The highest BCUT2D eigenvalue weighted by atomic mass is 35.5. The Morgan fingerprint density at radius 1 is 1.41 bits per heavy atom. The van der Waals surface area contributed by atoms with Gasteiger partial charge < -0.3 is 14.7 Å². The van der Waals surface area contributed by atoms with Gasteiger partial charge in [-0.25, -0.2) is 0 Å². The molecule has 1 unspecified atom stereocenters. The van der Waals surface area contributed by atoms with Crippen LogP contribution in [0.1, 0.15) is 6.42 Å². The van der Waals surface area contributed by atoms with Crippen molar-refractivity contribution in [2.24, 2.45) is 0 Å². The number of rotatable bonds is 4. The van der Waals surface area contributed by atoms with Crippen LogP contribution in [0.4, 0.5) is 5.69 Å². The van der Waals surface area contributed by atoms with Gasteiger partial charge in [-0.1, -0.05) is 0 Å². The van der Waals surface area contributed by atoms with E-state index in [1.54, 1.807) is 17.0 Å². The summed E-state index contributed by atoms with van der Waals surface area (Å²) in [6, 6.07) is 7.19. The summed E-state index contributed by atoms with van der Waals surface area (Å²) < 4.78 is 5.24. The van der Waals surface area contributed by atoms with Crippen LogP contribution in [0.3, 0.4) is 0 Å². The highest BCUT2D eigenvalue weighted by molar-refractivity contribution is 6.24. The van der Waals surface area contributed by atoms with E-state index < -0.39 is 0 Å². The van der Waals surface area contributed by atoms with Crippen LogP contribution in [0.5, 0.6) is 5.75 Å². The highest BCUT2D eigenvalue weighted by Gasteiger charge is 2.28. The molecule has 4 nitrogen and oxygen atoms in total. The third-order valence-corrected chi connectivity index (χ3v) is 2.88. The molecule has 0 spiro atoms. The topological polar surface area (TPSA) is 49.8 Å². The Morgan fingerprint density at radius 2 is 2.12 bits per heavy atom. The van der Waals surface area contributed by atoms with E-state index in [1.807, 2.05) is 12.1 Å². The van der Waals surface area contributed by atoms with Gasteiger partial charge in [-0.2, -0.15) is 0 Å². The van der Waals surface area contributed by atoms with Crippen LogP contribution >= 0.6 is 11.6 Å². The third kappa shape index (κ3) is 2.90. The summed E-state index contributed by atoms with van der Waals surface area (Å²) in [7, 11) is 0. The molecule has 5 heteroatoms. The van der Waals surface area contributed by atoms with Crippen molar-refractivity contribution in [2.75, 3.05) is 24.7 Å². The average molecular weight is 256 g/mol. The van der Waals surface area contributed by atoms with Gasteiger partial charge in [0.2, 0.25) is 5.91 Å². The smallest absolute Gasteiger partial charge is 0.228 e. The van der Waals surface area contributed by atoms with Crippen molar-refractivity contribution in [1.29, 1.82) is 0 Å². The summed E-state index contributed by atoms with van der Waals surface area (Å²) in [6.45, 7) is 0.809. The summed E-state index contributed by atoms with van der Waals surface area (Å²) in [5, 5.41) is 8.52. The van der Waals surface area contributed by atoms with Gasteiger partial charge in [-0.05, 0) is 24.3 Å². The number of benzene rings is 1. The monoisotopic (exact) mass is 255 g/mol. The zero-order valence-electron chi connectivity index (χ0n) is 9.30. The predicted octanol–water partition coefficient (Wildman–Crippen LogP) is 1.40. The van der Waals surface area contributed by atoms with Gasteiger partial charge in [0.15, 0.2) is 0 Å². The lowest BCUT2D eigenvalue weighted by Gasteiger charge is -2.16. The zero-order valence-corrected chi connectivity index (χ0v) is 10.1. The van der Waals surface area contributed by atoms with E-state index in [1.165, 1.54) is 0 Å². The van der Waals surface area contributed by atoms with Crippen LogP contribution in [-0.4, -0.2) is 36.1 Å². The standard InChI is InChI=1S/C12H14ClNO3/c13-9-7-12(16)14(8-9)10-1-3-11(4-2-10)17-6-5-15/h1-4,9,15H,5-8H2. The fraction of sp³-hybridized carbons (Fsp3) is 0.417. The van der Waals surface area contributed by atoms with Gasteiger partial charge in [0.05, 0.1) is 12.0 Å². The van der Waals surface area contributed by atoms with Gasteiger partial charge in [0.25, 0.3) is 0 Å². The number of aliphatic hydroxyl groups is 1. The van der Waals surface area contributed by atoms with E-state index in [0.29, 0.717) is 18.7 Å². The summed E-state index contributed by atoms with van der Waals surface area (Å²) >= 11 is 5.94. The number of carbonyl (C=O) groups is 1. The molecule has 0 saturated carbocycles. The number of amides is 1. The van der Waals surface area contributed by atoms with E-state index >= 15 is 0 Å². The number of carbonyl (C=O) groups excluding carboxylic acids is 1. The maximum absolute atomic E-state index is 11.6. The lowest BCUT2D eigenvalue weighted by molar-refractivity contribution is -0.117. The first-order valence-electron chi connectivity index (χ1n) is 5.49. The summed E-state index contributed by atoms with van der Waals surface area (Å²) in [6.07, 6.45) is 0.393. The van der Waals surface area contributed by atoms with E-state index in [2.05, 4.69) is 0 Å². The van der Waals surface area contributed by atoms with Crippen LogP contribution in [-0.2, 0) is 4.79 Å². The molecule has 0 aliphatic carbocycles. The SMILES string of the molecule is O=C1CC(Cl)CN1c1ccc(OCCO)cc1. The second-order valence-electron chi connectivity index (χ2n) is 3.87. The number of aliphatic hydroxyl groups excluding tert-OH is 1. The fourth-order valence-corrected chi connectivity index (χ4v) is 2.07. The number of halogens is 1. The van der Waals surface area contributed by atoms with Gasteiger partial charge in [-0.15, -0.1) is 11.6 Å². The van der Waals surface area contributed by atoms with Gasteiger partial charge >= 0.3 is 0 Å². The normalized spacial score (nSPS) is 19.8. The summed E-state index contributed by atoms with van der Waals surface area (Å²) in [5.74, 6) is 0.728. The molecule has 1 aromatic rings. The van der Waals surface area contributed by atoms with Crippen molar-refractivity contribution in [1.82, 2.24) is 0 Å². The first kappa shape index (κ1) is 12.2. The first-order valence-corrected chi connectivity index (χ1v) is 5.92. The third-order valence-electron chi connectivity index (χ3n) is 2.59. The Morgan fingerprint density at radius 3 is 2.65 bits per heavy atom. The molecule has 1 N–H and O–H groups in total. The van der Waals surface area contributed by atoms with Crippen molar-refractivity contribution in [3.63, 3.8) is 0 Å². The van der Waals surface area contributed by atoms with E-state index in [0.717, 1.165) is 5.69 Å². The Kier molecular flexibility index (Phi) is 3.86. The van der Waals surface area contributed by atoms with E-state index in [9.17, 15) is 4.79 Å². The second kappa shape index (κ2) is 5.38. The minimum absolute atomic E-state index is 0.0136. The molecular weight excluding hydrogens is 242 g/mol. The molecule has 17 heavy (non-hydrogen) atoms. The molecule has 92 valence electrons. The molecule has 1 aliphatic rings. The predicted molar refractivity (Wildman–Crippen MR) is 65.6 cm³/mol. The van der Waals surface area contributed by atoms with Gasteiger partial charge in [0.1, 0.15) is 12.4 Å². The Bertz CT molecular complexity index is 393. The molecule has 1 saturated heterocycles. The fourth-order valence-electron chi connectivity index (χ4n) is 1.80. The van der Waals surface area contributed by atoms with Crippen LogP contribution in [0.25, 0.3) is 0 Å². The number of nitrogens with zero attached hydrogens (tertiary/aromatic N) is 1. The van der Waals surface area contributed by atoms with Crippen LogP contribution in [0, 0.1) is 0 Å². The van der Waals surface area contributed by atoms with E-state index in [-0.39, 0.29) is 24.5 Å². The molecule has 0 aromatic heterocycles. The molecule has 0 bridgehead atoms. The number of ether oxygens (including phenoxy) is 1. The minimum Gasteiger partial charge on any atom is -0.491 e. The molecule has 1 aromatic carbocycles. The number of hydrogen-bond acceptors (Lipinski definition) is 3. The molecule has 2 rings (SSSR count). The molecule has 0 radical (unpaired) electrons. The van der Waals surface area contributed by atoms with Crippen molar-refractivity contribution in [2.45, 2.75) is 11.8 Å². The molecule has 1 aliphatic heterocycles. The Balaban J connectivity index is 2.05. The number of alkyl halides is 1. The quantitative estimate of drug-likeness (QED) is 0.828. The van der Waals surface area contributed by atoms with Gasteiger partial charge in [0, 0.05) is 18.7 Å². The molecule has 1 heterocycles. The van der Waals surface area contributed by atoms with Crippen molar-refractivity contribution < 1.29 is 14.6 Å². The number of hydrogen-bond donors (Lipinski definition) is 1. The van der Waals surface area contributed by atoms with Crippen LogP contribution in [0.15, 0.2) is 24.3 Å². The Hall–Kier alpha value is -1.26. The first-order chi connectivity index (χ1) is 8.20. The van der Waals surface area contributed by atoms with Crippen molar-refractivity contribution in [3.8, 4) is 5.75 Å². The largest absolute Gasteiger partial charge is 0.491 e. The van der Waals surface area contributed by atoms with E-state index in [4.69, 9.17) is 21.4 Å². The molecular formula is C12H14ClNO3. The molecule has 1 atom stereocenters. The molecule has 1 fully saturated rings. The summed E-state index contributed by atoms with van der Waals surface area (Å²) in [5.41, 5.74) is 0.828. The maximum Gasteiger partial charge on any atom is 0.228 e. The van der Waals surface area contributed by atoms with Crippen molar-refractivity contribution in [3.05, 3.63) is 24.3 Å². The van der Waals surface area contributed by atoms with Crippen LogP contribution < -0.4 is 9.64 Å². The summed E-state index contributed by atoms with van der Waals surface area (Å²) in [4.78, 5) is 13.3. The minimum atomic E-state index is -0.104. The maximum atomic E-state index is 11.6. The van der Waals surface area contributed by atoms with Crippen molar-refractivity contribution >= 4 is 23.2 Å². The van der Waals surface area contributed by atoms with Gasteiger partial charge in [-0.3, -0.25) is 4.79 Å². The zero-order chi connectivity index (χ0) is 12.3.